The van der Waals surface area contributed by atoms with Crippen LogP contribution in [0.25, 0.3) is 0 Å². The number of benzene rings is 2. The predicted molar refractivity (Wildman–Crippen MR) is 111 cm³/mol. The minimum Gasteiger partial charge on any atom is -0.420 e. The van der Waals surface area contributed by atoms with Crippen LogP contribution in [0.4, 0.5) is 22.7 Å². The van der Waals surface area contributed by atoms with Crippen LogP contribution in [0.3, 0.4) is 0 Å². The van der Waals surface area contributed by atoms with E-state index in [1.807, 2.05) is 0 Å². The van der Waals surface area contributed by atoms with E-state index in [4.69, 9.17) is 9.05 Å². The molecule has 2 aromatic rings. The van der Waals surface area contributed by atoms with Crippen LogP contribution in [0.15, 0.2) is 36.4 Å². The van der Waals surface area contributed by atoms with Gasteiger partial charge in [0.1, 0.15) is 0 Å². The Hall–Kier alpha value is -3.97. The molecule has 170 valence electrons. The molecule has 0 amide bonds. The molecule has 0 atom stereocenters. The summed E-state index contributed by atoms with van der Waals surface area (Å²) in [5, 5.41) is 44.6. The molecule has 0 aliphatic carbocycles. The maximum Gasteiger partial charge on any atom is 0.385 e. The van der Waals surface area contributed by atoms with Crippen LogP contribution in [-0.4, -0.2) is 37.5 Å². The van der Waals surface area contributed by atoms with E-state index in [9.17, 15) is 40.5 Å². The van der Waals surface area contributed by atoms with E-state index in [2.05, 4.69) is 0 Å². The van der Waals surface area contributed by atoms with Gasteiger partial charge in [0.2, 0.25) is 11.5 Å². The van der Waals surface area contributed by atoms with Crippen molar-refractivity contribution in [3.05, 3.63) is 76.9 Å². The number of nitro groups is 4. The van der Waals surface area contributed by atoms with E-state index in [1.54, 1.807) is 18.5 Å². The van der Waals surface area contributed by atoms with E-state index in [0.717, 1.165) is 36.4 Å². The number of non-ortho nitro benzene ring substituents is 2. The molecule has 0 saturated heterocycles. The van der Waals surface area contributed by atoms with Crippen LogP contribution in [0.2, 0.25) is 0 Å². The van der Waals surface area contributed by atoms with Crippen LogP contribution in [0.5, 0.6) is 11.5 Å². The molecule has 0 N–H and O–H groups in total. The first-order chi connectivity index (χ1) is 15.1. The van der Waals surface area contributed by atoms with Crippen molar-refractivity contribution >= 4 is 31.3 Å². The lowest BCUT2D eigenvalue weighted by Gasteiger charge is -2.26. The highest BCUT2D eigenvalue weighted by Gasteiger charge is 2.31. The monoisotopic (exact) mass is 469 g/mol. The van der Waals surface area contributed by atoms with Gasteiger partial charge < -0.3 is 9.05 Å². The van der Waals surface area contributed by atoms with Crippen molar-refractivity contribution < 1.29 is 28.7 Å². The van der Waals surface area contributed by atoms with Crippen LogP contribution < -0.4 is 9.05 Å². The maximum absolute atomic E-state index is 11.4. The Kier molecular flexibility index (Phi) is 7.87. The molecule has 0 aliphatic heterocycles. The molecule has 0 spiro atoms. The summed E-state index contributed by atoms with van der Waals surface area (Å²) in [7, 11) is -2.22. The lowest BCUT2D eigenvalue weighted by Crippen LogP contribution is -2.22. The molecule has 2 rings (SSSR count). The lowest BCUT2D eigenvalue weighted by molar-refractivity contribution is -0.394. The SMILES string of the molecule is CCN(CC)P(Oc1ccc([N+](=O)[O-])cc1[N+](=O)[O-])Oc1ccc([N+](=O)[O-])cc1[N+](=O)[O-]. The van der Waals surface area contributed by atoms with Crippen molar-refractivity contribution in [3.63, 3.8) is 0 Å². The molecule has 0 unspecified atom stereocenters. The molecule has 16 heteroatoms. The average molecular weight is 469 g/mol. The van der Waals surface area contributed by atoms with Crippen molar-refractivity contribution in [1.29, 1.82) is 0 Å². The van der Waals surface area contributed by atoms with Crippen LogP contribution >= 0.6 is 8.53 Å². The Labute approximate surface area is 180 Å². The molecule has 2 aromatic carbocycles. The Morgan fingerprint density at radius 2 is 1.09 bits per heavy atom. The highest BCUT2D eigenvalue weighted by Crippen LogP contribution is 2.48. The molecule has 0 fully saturated rings. The van der Waals surface area contributed by atoms with Crippen molar-refractivity contribution in [1.82, 2.24) is 4.67 Å². The normalized spacial score (nSPS) is 10.8. The van der Waals surface area contributed by atoms with Gasteiger partial charge in [-0.25, -0.2) is 4.67 Å². The smallest absolute Gasteiger partial charge is 0.385 e. The second-order valence-electron chi connectivity index (χ2n) is 5.89. The summed E-state index contributed by atoms with van der Waals surface area (Å²) >= 11 is 0. The molecule has 0 aliphatic rings. The first-order valence-electron chi connectivity index (χ1n) is 8.85. The Morgan fingerprint density at radius 3 is 1.38 bits per heavy atom. The van der Waals surface area contributed by atoms with Gasteiger partial charge in [0.05, 0.1) is 31.8 Å². The van der Waals surface area contributed by atoms with Crippen LogP contribution in [0.1, 0.15) is 13.8 Å². The molecule has 0 bridgehead atoms. The summed E-state index contributed by atoms with van der Waals surface area (Å²) in [5.74, 6) is -0.689. The molecule has 0 aromatic heterocycles. The van der Waals surface area contributed by atoms with Gasteiger partial charge in [-0.3, -0.25) is 40.5 Å². The fourth-order valence-corrected chi connectivity index (χ4v) is 3.81. The van der Waals surface area contributed by atoms with E-state index in [-0.39, 0.29) is 11.5 Å². The Bertz CT molecular complexity index is 984. The Balaban J connectivity index is 2.49. The van der Waals surface area contributed by atoms with Crippen molar-refractivity contribution in [2.75, 3.05) is 13.1 Å². The second-order valence-corrected chi connectivity index (χ2v) is 7.30. The van der Waals surface area contributed by atoms with Crippen molar-refractivity contribution in [2.24, 2.45) is 0 Å². The molecular formula is C16H16N5O10P. The van der Waals surface area contributed by atoms with E-state index < -0.39 is 51.0 Å². The van der Waals surface area contributed by atoms with Gasteiger partial charge in [-0.2, -0.15) is 0 Å². The zero-order chi connectivity index (χ0) is 24.0. The molecule has 32 heavy (non-hydrogen) atoms. The largest absolute Gasteiger partial charge is 0.420 e. The van der Waals surface area contributed by atoms with Gasteiger partial charge in [-0.15, -0.1) is 0 Å². The van der Waals surface area contributed by atoms with Crippen LogP contribution in [-0.2, 0) is 0 Å². The first-order valence-corrected chi connectivity index (χ1v) is 9.98. The second kappa shape index (κ2) is 10.4. The van der Waals surface area contributed by atoms with E-state index in [1.165, 1.54) is 0 Å². The Morgan fingerprint density at radius 1 is 0.719 bits per heavy atom. The van der Waals surface area contributed by atoms with Gasteiger partial charge in [0.15, 0.2) is 0 Å². The number of nitro benzene ring substituents is 4. The third kappa shape index (κ3) is 5.59. The van der Waals surface area contributed by atoms with Gasteiger partial charge in [0, 0.05) is 25.2 Å². The zero-order valence-corrected chi connectivity index (χ0v) is 17.5. The van der Waals surface area contributed by atoms with Crippen LogP contribution in [0, 0.1) is 40.5 Å². The quantitative estimate of drug-likeness (QED) is 0.258. The summed E-state index contributed by atoms with van der Waals surface area (Å²) in [6.07, 6.45) is 0. The predicted octanol–water partition coefficient (Wildman–Crippen LogP) is 4.35. The lowest BCUT2D eigenvalue weighted by atomic mass is 10.2. The summed E-state index contributed by atoms with van der Waals surface area (Å²) in [5.41, 5.74) is -2.44. The molecule has 15 nitrogen and oxygen atoms in total. The standard InChI is InChI=1S/C16H16N5O10P/c1-3-17(4-2)32(30-15-7-5-11(18(22)23)9-13(15)20(26)27)31-16-8-6-12(19(24)25)10-14(16)21(28)29/h5-10H,3-4H2,1-2H3. The number of rotatable bonds is 11. The fraction of sp³-hybridized carbons (Fsp3) is 0.250. The third-order valence-corrected chi connectivity index (χ3v) is 5.75. The highest BCUT2D eigenvalue weighted by molar-refractivity contribution is 7.45. The third-order valence-electron chi connectivity index (χ3n) is 4.01. The zero-order valence-electron chi connectivity index (χ0n) is 16.6. The molecule has 0 saturated carbocycles. The van der Waals surface area contributed by atoms with Gasteiger partial charge in [-0.05, 0) is 12.1 Å². The summed E-state index contributed by atoms with van der Waals surface area (Å²) in [6.45, 7) is 4.09. The van der Waals surface area contributed by atoms with E-state index >= 15 is 0 Å². The maximum atomic E-state index is 11.4. The van der Waals surface area contributed by atoms with Gasteiger partial charge >= 0.3 is 19.9 Å². The highest BCUT2D eigenvalue weighted by atomic mass is 31.2. The fourth-order valence-electron chi connectivity index (χ4n) is 2.44. The number of hydrogen-bond acceptors (Lipinski definition) is 11. The summed E-state index contributed by atoms with van der Waals surface area (Å²) < 4.78 is 12.9. The summed E-state index contributed by atoms with van der Waals surface area (Å²) in [6, 6.07) is 5.52. The minimum atomic E-state index is -2.22. The van der Waals surface area contributed by atoms with Gasteiger partial charge in [-0.1, -0.05) is 13.8 Å². The first kappa shape index (κ1) is 24.3. The minimum absolute atomic E-state index is 0.323. The number of nitrogens with zero attached hydrogens (tertiary/aromatic N) is 5. The van der Waals surface area contributed by atoms with Crippen molar-refractivity contribution in [2.45, 2.75) is 13.8 Å². The summed E-state index contributed by atoms with van der Waals surface area (Å²) in [4.78, 5) is 41.3. The van der Waals surface area contributed by atoms with E-state index in [0.29, 0.717) is 13.1 Å². The molecular weight excluding hydrogens is 453 g/mol. The number of hydrogen-bond donors (Lipinski definition) is 0. The molecule has 0 heterocycles. The van der Waals surface area contributed by atoms with Crippen molar-refractivity contribution in [3.8, 4) is 11.5 Å². The average Bonchev–Trinajstić information content (AvgIpc) is 2.74. The van der Waals surface area contributed by atoms with Gasteiger partial charge in [0.25, 0.3) is 11.4 Å². The topological polar surface area (TPSA) is 194 Å². The molecule has 0 radical (unpaired) electrons.